The summed E-state index contributed by atoms with van der Waals surface area (Å²) in [5, 5.41) is 1.12. The number of nitrogens with zero attached hydrogens (tertiary/aromatic N) is 2. The van der Waals surface area contributed by atoms with Crippen molar-refractivity contribution < 1.29 is 18.7 Å². The molecule has 0 saturated carbocycles. The van der Waals surface area contributed by atoms with Crippen molar-refractivity contribution >= 4 is 56.0 Å². The zero-order valence-electron chi connectivity index (χ0n) is 15.8. The molecule has 1 amide bonds. The van der Waals surface area contributed by atoms with Crippen LogP contribution in [-0.4, -0.2) is 23.1 Å². The molecule has 2 heterocycles. The number of hydrogen-bond acceptors (Lipinski definition) is 6. The van der Waals surface area contributed by atoms with Crippen molar-refractivity contribution in [2.45, 2.75) is 13.5 Å². The Morgan fingerprint density at radius 2 is 2.00 bits per heavy atom. The van der Waals surface area contributed by atoms with Crippen molar-refractivity contribution in [3.05, 3.63) is 74.3 Å². The van der Waals surface area contributed by atoms with Crippen molar-refractivity contribution in [1.82, 2.24) is 4.57 Å². The number of thiazole rings is 1. The largest absolute Gasteiger partial charge is 0.465 e. The minimum absolute atomic E-state index is 0.131. The summed E-state index contributed by atoms with van der Waals surface area (Å²) in [7, 11) is 0. The van der Waals surface area contributed by atoms with Crippen LogP contribution in [-0.2, 0) is 16.1 Å². The number of para-hydroxylation sites is 1. The van der Waals surface area contributed by atoms with Gasteiger partial charge in [0.25, 0.3) is 5.91 Å². The molecule has 2 aromatic heterocycles. The summed E-state index contributed by atoms with van der Waals surface area (Å²) in [6.07, 6.45) is 0. The van der Waals surface area contributed by atoms with Gasteiger partial charge < -0.3 is 13.7 Å². The molecule has 0 aliphatic heterocycles. The standard InChI is InChI=1S/C21H15ClN2O5S/c1-2-28-18(25)11-24-15-8-7-13(22)10-17(15)30-21(24)23-19(26)14-9-12-5-3-4-6-16(12)29-20(14)27/h3-10H,2,11H2,1H3. The highest BCUT2D eigenvalue weighted by Gasteiger charge is 2.16. The molecule has 4 aromatic rings. The number of hydrogen-bond donors (Lipinski definition) is 0. The fourth-order valence-corrected chi connectivity index (χ4v) is 4.28. The van der Waals surface area contributed by atoms with Gasteiger partial charge in [-0.25, -0.2) is 4.79 Å². The van der Waals surface area contributed by atoms with Crippen LogP contribution in [0.25, 0.3) is 21.2 Å². The average molecular weight is 443 g/mol. The predicted molar refractivity (Wildman–Crippen MR) is 114 cm³/mol. The molecule has 152 valence electrons. The van der Waals surface area contributed by atoms with Gasteiger partial charge in [0, 0.05) is 10.4 Å². The molecular weight excluding hydrogens is 428 g/mol. The van der Waals surface area contributed by atoms with Crippen molar-refractivity contribution in [2.24, 2.45) is 4.99 Å². The average Bonchev–Trinajstić information content (AvgIpc) is 3.03. The fourth-order valence-electron chi connectivity index (χ4n) is 2.98. The van der Waals surface area contributed by atoms with E-state index in [1.807, 2.05) is 0 Å². The number of rotatable bonds is 4. The summed E-state index contributed by atoms with van der Waals surface area (Å²) < 4.78 is 12.6. The third-order valence-corrected chi connectivity index (χ3v) is 5.58. The maximum atomic E-state index is 12.8. The smallest absolute Gasteiger partial charge is 0.349 e. The first kappa shape index (κ1) is 20.1. The number of halogens is 1. The summed E-state index contributed by atoms with van der Waals surface area (Å²) in [4.78, 5) is 41.5. The Hall–Kier alpha value is -3.23. The highest BCUT2D eigenvalue weighted by Crippen LogP contribution is 2.22. The van der Waals surface area contributed by atoms with Crippen LogP contribution in [0.1, 0.15) is 17.3 Å². The monoisotopic (exact) mass is 442 g/mol. The number of benzene rings is 2. The Balaban J connectivity index is 1.85. The van der Waals surface area contributed by atoms with E-state index in [1.165, 1.54) is 17.4 Å². The van der Waals surface area contributed by atoms with Crippen LogP contribution < -0.4 is 10.4 Å². The lowest BCUT2D eigenvalue weighted by atomic mass is 10.2. The molecule has 0 saturated heterocycles. The number of esters is 1. The summed E-state index contributed by atoms with van der Waals surface area (Å²) in [5.41, 5.74) is 0.0953. The summed E-state index contributed by atoms with van der Waals surface area (Å²) in [6, 6.07) is 13.5. The summed E-state index contributed by atoms with van der Waals surface area (Å²) in [5.74, 6) is -1.23. The zero-order chi connectivity index (χ0) is 21.3. The third kappa shape index (κ3) is 3.92. The molecule has 0 aliphatic carbocycles. The van der Waals surface area contributed by atoms with E-state index in [0.29, 0.717) is 21.5 Å². The number of aromatic nitrogens is 1. The van der Waals surface area contributed by atoms with E-state index < -0.39 is 17.5 Å². The Morgan fingerprint density at radius 1 is 1.20 bits per heavy atom. The van der Waals surface area contributed by atoms with Crippen LogP contribution in [0.15, 0.2) is 62.7 Å². The third-order valence-electron chi connectivity index (χ3n) is 4.31. The van der Waals surface area contributed by atoms with E-state index in [1.54, 1.807) is 54.0 Å². The predicted octanol–water partition coefficient (Wildman–Crippen LogP) is 3.77. The van der Waals surface area contributed by atoms with Gasteiger partial charge in [-0.05, 0) is 37.3 Å². The van der Waals surface area contributed by atoms with Crippen LogP contribution in [0.4, 0.5) is 0 Å². The van der Waals surface area contributed by atoms with Crippen LogP contribution >= 0.6 is 22.9 Å². The van der Waals surface area contributed by atoms with E-state index in [4.69, 9.17) is 20.8 Å². The molecule has 30 heavy (non-hydrogen) atoms. The van der Waals surface area contributed by atoms with Gasteiger partial charge in [-0.1, -0.05) is 41.1 Å². The lowest BCUT2D eigenvalue weighted by Gasteiger charge is -2.05. The lowest BCUT2D eigenvalue weighted by Crippen LogP contribution is -2.24. The van der Waals surface area contributed by atoms with Gasteiger partial charge >= 0.3 is 11.6 Å². The molecule has 0 unspecified atom stereocenters. The van der Waals surface area contributed by atoms with Crippen molar-refractivity contribution in [3.63, 3.8) is 0 Å². The quantitative estimate of drug-likeness (QED) is 0.354. The first-order valence-electron chi connectivity index (χ1n) is 9.02. The minimum Gasteiger partial charge on any atom is -0.465 e. The molecular formula is C21H15ClN2O5S. The maximum absolute atomic E-state index is 12.8. The highest BCUT2D eigenvalue weighted by molar-refractivity contribution is 7.16. The van der Waals surface area contributed by atoms with Crippen LogP contribution in [0.2, 0.25) is 5.02 Å². The molecule has 0 N–H and O–H groups in total. The molecule has 0 spiro atoms. The van der Waals surface area contributed by atoms with Gasteiger partial charge in [0.2, 0.25) is 0 Å². The second kappa shape index (κ2) is 8.25. The Morgan fingerprint density at radius 3 is 2.80 bits per heavy atom. The lowest BCUT2D eigenvalue weighted by molar-refractivity contribution is -0.143. The number of amides is 1. The summed E-state index contributed by atoms with van der Waals surface area (Å²) in [6.45, 7) is 1.81. The number of ether oxygens (including phenoxy) is 1. The van der Waals surface area contributed by atoms with E-state index in [0.717, 1.165) is 4.70 Å². The van der Waals surface area contributed by atoms with E-state index in [2.05, 4.69) is 4.99 Å². The topological polar surface area (TPSA) is 90.9 Å². The van der Waals surface area contributed by atoms with Crippen molar-refractivity contribution in [1.29, 1.82) is 0 Å². The van der Waals surface area contributed by atoms with Crippen LogP contribution in [0.5, 0.6) is 0 Å². The fraction of sp³-hybridized carbons (Fsp3) is 0.143. The number of carbonyl (C=O) groups excluding carboxylic acids is 2. The molecule has 0 radical (unpaired) electrons. The van der Waals surface area contributed by atoms with E-state index in [-0.39, 0.29) is 23.5 Å². The second-order valence-corrected chi connectivity index (χ2v) is 7.74. The van der Waals surface area contributed by atoms with Crippen LogP contribution in [0.3, 0.4) is 0 Å². The minimum atomic E-state index is -0.774. The Bertz CT molecular complexity index is 1420. The van der Waals surface area contributed by atoms with Gasteiger partial charge in [0.05, 0.1) is 16.8 Å². The first-order chi connectivity index (χ1) is 14.5. The highest BCUT2D eigenvalue weighted by atomic mass is 35.5. The van der Waals surface area contributed by atoms with E-state index >= 15 is 0 Å². The molecule has 4 rings (SSSR count). The van der Waals surface area contributed by atoms with Gasteiger partial charge in [-0.3, -0.25) is 9.59 Å². The first-order valence-corrected chi connectivity index (χ1v) is 10.2. The summed E-state index contributed by atoms with van der Waals surface area (Å²) >= 11 is 7.25. The van der Waals surface area contributed by atoms with Gasteiger partial charge in [-0.2, -0.15) is 4.99 Å². The number of carbonyl (C=O) groups is 2. The molecule has 9 heteroatoms. The van der Waals surface area contributed by atoms with E-state index in [9.17, 15) is 14.4 Å². The maximum Gasteiger partial charge on any atom is 0.349 e. The van der Waals surface area contributed by atoms with Gasteiger partial charge in [0.1, 0.15) is 17.7 Å². The SMILES string of the molecule is CCOC(=O)Cn1c(=NC(=O)c2cc3ccccc3oc2=O)sc2cc(Cl)ccc21. The molecule has 0 bridgehead atoms. The van der Waals surface area contributed by atoms with Gasteiger partial charge in [0.15, 0.2) is 4.80 Å². The van der Waals surface area contributed by atoms with Gasteiger partial charge in [-0.15, -0.1) is 0 Å². The van der Waals surface area contributed by atoms with Crippen LogP contribution in [0, 0.1) is 0 Å². The van der Waals surface area contributed by atoms with Crippen molar-refractivity contribution in [2.75, 3.05) is 6.61 Å². The zero-order valence-corrected chi connectivity index (χ0v) is 17.3. The molecule has 0 aliphatic rings. The Labute approximate surface area is 178 Å². The molecule has 0 atom stereocenters. The normalized spacial score (nSPS) is 11.9. The number of fused-ring (bicyclic) bond motifs is 2. The second-order valence-electron chi connectivity index (χ2n) is 6.29. The molecule has 2 aromatic carbocycles. The molecule has 7 nitrogen and oxygen atoms in total. The molecule has 0 fully saturated rings. The Kier molecular flexibility index (Phi) is 5.52. The van der Waals surface area contributed by atoms with Crippen molar-refractivity contribution in [3.8, 4) is 0 Å².